The van der Waals surface area contributed by atoms with Gasteiger partial charge in [0.05, 0.1) is 33.5 Å². The van der Waals surface area contributed by atoms with Crippen molar-refractivity contribution in [1.82, 2.24) is 19.9 Å². The fraction of sp³-hybridized carbons (Fsp3) is 0.467. The van der Waals surface area contributed by atoms with E-state index in [2.05, 4.69) is 22.4 Å². The number of methoxy groups -OCH3 is 1. The van der Waals surface area contributed by atoms with Gasteiger partial charge in [-0.05, 0) is 73.9 Å². The number of carbonyl (C=O) groups is 2. The highest BCUT2D eigenvalue weighted by molar-refractivity contribution is 5.94. The van der Waals surface area contributed by atoms with Crippen molar-refractivity contribution in [3.05, 3.63) is 70.9 Å². The van der Waals surface area contributed by atoms with Crippen LogP contribution in [-0.4, -0.2) is 77.9 Å². The van der Waals surface area contributed by atoms with Crippen LogP contribution in [0.2, 0.25) is 0 Å². The van der Waals surface area contributed by atoms with Crippen molar-refractivity contribution in [2.75, 3.05) is 40.0 Å². The second kappa shape index (κ2) is 13.0. The predicted molar refractivity (Wildman–Crippen MR) is 147 cm³/mol. The van der Waals surface area contributed by atoms with Gasteiger partial charge in [-0.1, -0.05) is 29.5 Å². The first kappa shape index (κ1) is 27.6. The first-order chi connectivity index (χ1) is 19.6. The molecular formula is C30H36N4O6. The largest absolute Gasteiger partial charge is 0.497 e. The second-order valence-corrected chi connectivity index (χ2v) is 10.1. The Labute approximate surface area is 234 Å². The molecule has 3 aromatic rings. The zero-order valence-corrected chi connectivity index (χ0v) is 23.1. The van der Waals surface area contributed by atoms with Crippen LogP contribution in [0.4, 0.5) is 0 Å². The monoisotopic (exact) mass is 548 g/mol. The van der Waals surface area contributed by atoms with Gasteiger partial charge in [0.15, 0.2) is 0 Å². The first-order valence-corrected chi connectivity index (χ1v) is 13.9. The summed E-state index contributed by atoms with van der Waals surface area (Å²) in [6.45, 7) is 4.85. The number of benzene rings is 2. The Morgan fingerprint density at radius 1 is 0.975 bits per heavy atom. The normalized spacial score (nSPS) is 19.2. The Hall–Kier alpha value is -3.92. The van der Waals surface area contributed by atoms with Crippen molar-refractivity contribution in [3.8, 4) is 11.6 Å². The zero-order chi connectivity index (χ0) is 27.9. The van der Waals surface area contributed by atoms with Crippen LogP contribution in [0.3, 0.4) is 0 Å². The Bertz CT molecular complexity index is 1280. The molecule has 0 atom stereocenters. The summed E-state index contributed by atoms with van der Waals surface area (Å²) in [5.41, 5.74) is 3.02. The molecule has 212 valence electrons. The SMILES string of the molecule is CCOC(=O)c1nnn(Cc2ccc(OC)cc2)c1OC1CCC(c2ccc(C(=O)N3CCOCC3)cc2)CC1. The molecule has 0 unspecified atom stereocenters. The van der Waals surface area contributed by atoms with E-state index in [9.17, 15) is 9.59 Å². The van der Waals surface area contributed by atoms with Gasteiger partial charge in [-0.15, -0.1) is 5.10 Å². The standard InChI is InChI=1S/C30H36N4O6/c1-3-39-30(36)27-29(34(32-31-27)20-21-4-12-25(37-2)13-5-21)40-26-14-10-23(11-15-26)22-6-8-24(9-7-22)28(35)33-16-18-38-19-17-33/h4-9,12-13,23,26H,3,10-11,14-20H2,1-2H3. The second-order valence-electron chi connectivity index (χ2n) is 10.1. The summed E-state index contributed by atoms with van der Waals surface area (Å²) in [4.78, 5) is 27.2. The lowest BCUT2D eigenvalue weighted by Gasteiger charge is -2.29. The molecule has 2 fully saturated rings. The molecule has 1 saturated carbocycles. The molecule has 0 bridgehead atoms. The maximum absolute atomic E-state index is 12.8. The molecule has 10 nitrogen and oxygen atoms in total. The fourth-order valence-electron chi connectivity index (χ4n) is 5.27. The van der Waals surface area contributed by atoms with E-state index in [4.69, 9.17) is 18.9 Å². The highest BCUT2D eigenvalue weighted by Crippen LogP contribution is 2.35. The van der Waals surface area contributed by atoms with Gasteiger partial charge in [0.2, 0.25) is 11.6 Å². The van der Waals surface area contributed by atoms with Gasteiger partial charge in [0.1, 0.15) is 11.9 Å². The predicted octanol–water partition coefficient (Wildman–Crippen LogP) is 4.09. The summed E-state index contributed by atoms with van der Waals surface area (Å²) in [7, 11) is 1.63. The number of hydrogen-bond donors (Lipinski definition) is 0. The number of morpholine rings is 1. The minimum Gasteiger partial charge on any atom is -0.497 e. The quantitative estimate of drug-likeness (QED) is 0.368. The van der Waals surface area contributed by atoms with Crippen LogP contribution < -0.4 is 9.47 Å². The van der Waals surface area contributed by atoms with Gasteiger partial charge in [-0.2, -0.15) is 0 Å². The summed E-state index contributed by atoms with van der Waals surface area (Å²) in [6, 6.07) is 15.7. The molecule has 0 N–H and O–H groups in total. The summed E-state index contributed by atoms with van der Waals surface area (Å²) >= 11 is 0. The van der Waals surface area contributed by atoms with E-state index in [1.807, 2.05) is 41.3 Å². The van der Waals surface area contributed by atoms with Gasteiger partial charge in [0, 0.05) is 18.7 Å². The van der Waals surface area contributed by atoms with Gasteiger partial charge in [-0.3, -0.25) is 4.79 Å². The Kier molecular flexibility index (Phi) is 8.95. The van der Waals surface area contributed by atoms with Gasteiger partial charge >= 0.3 is 5.97 Å². The summed E-state index contributed by atoms with van der Waals surface area (Å²) in [5, 5.41) is 8.31. The van der Waals surface area contributed by atoms with E-state index in [1.54, 1.807) is 18.7 Å². The van der Waals surface area contributed by atoms with E-state index in [-0.39, 0.29) is 24.3 Å². The van der Waals surface area contributed by atoms with Gasteiger partial charge in [-0.25, -0.2) is 9.48 Å². The highest BCUT2D eigenvalue weighted by atomic mass is 16.5. The molecule has 1 aliphatic heterocycles. The van der Waals surface area contributed by atoms with Crippen molar-refractivity contribution in [2.45, 2.75) is 51.2 Å². The van der Waals surface area contributed by atoms with E-state index in [0.717, 1.165) is 37.0 Å². The molecule has 1 saturated heterocycles. The molecule has 2 aliphatic rings. The lowest BCUT2D eigenvalue weighted by Crippen LogP contribution is -2.40. The van der Waals surface area contributed by atoms with Crippen molar-refractivity contribution >= 4 is 11.9 Å². The molecule has 1 amide bonds. The molecule has 5 rings (SSSR count). The van der Waals surface area contributed by atoms with Crippen molar-refractivity contribution in [3.63, 3.8) is 0 Å². The number of carbonyl (C=O) groups excluding carboxylic acids is 2. The maximum Gasteiger partial charge on any atom is 0.364 e. The number of aromatic nitrogens is 3. The van der Waals surface area contributed by atoms with E-state index < -0.39 is 5.97 Å². The van der Waals surface area contributed by atoms with Crippen LogP contribution in [0.15, 0.2) is 48.5 Å². The number of hydrogen-bond acceptors (Lipinski definition) is 8. The molecular weight excluding hydrogens is 512 g/mol. The number of ether oxygens (including phenoxy) is 4. The molecule has 1 aliphatic carbocycles. The lowest BCUT2D eigenvalue weighted by atomic mass is 9.82. The summed E-state index contributed by atoms with van der Waals surface area (Å²) in [6.07, 6.45) is 3.47. The molecule has 40 heavy (non-hydrogen) atoms. The third-order valence-corrected chi connectivity index (χ3v) is 7.53. The van der Waals surface area contributed by atoms with Gasteiger partial charge in [0.25, 0.3) is 5.91 Å². The fourth-order valence-corrected chi connectivity index (χ4v) is 5.27. The smallest absolute Gasteiger partial charge is 0.364 e. The Balaban J connectivity index is 1.22. The minimum atomic E-state index is -0.543. The van der Waals surface area contributed by atoms with Crippen molar-refractivity contribution in [1.29, 1.82) is 0 Å². The molecule has 2 heterocycles. The van der Waals surface area contributed by atoms with Gasteiger partial charge < -0.3 is 23.8 Å². The van der Waals surface area contributed by atoms with Crippen LogP contribution in [0, 0.1) is 0 Å². The molecule has 0 radical (unpaired) electrons. The molecule has 1 aromatic heterocycles. The molecule has 0 spiro atoms. The van der Waals surface area contributed by atoms with Crippen LogP contribution in [-0.2, 0) is 16.0 Å². The Morgan fingerprint density at radius 2 is 1.68 bits per heavy atom. The lowest BCUT2D eigenvalue weighted by molar-refractivity contribution is 0.0303. The Morgan fingerprint density at radius 3 is 2.33 bits per heavy atom. The minimum absolute atomic E-state index is 0.0595. The van der Waals surface area contributed by atoms with E-state index in [0.29, 0.717) is 50.2 Å². The van der Waals surface area contributed by atoms with E-state index in [1.165, 1.54) is 5.56 Å². The number of nitrogens with zero attached hydrogens (tertiary/aromatic N) is 4. The van der Waals surface area contributed by atoms with Crippen LogP contribution in [0.25, 0.3) is 0 Å². The number of esters is 1. The zero-order valence-electron chi connectivity index (χ0n) is 23.1. The number of rotatable bonds is 9. The third kappa shape index (κ3) is 6.44. The van der Waals surface area contributed by atoms with Crippen LogP contribution in [0.1, 0.15) is 70.5 Å². The summed E-state index contributed by atoms with van der Waals surface area (Å²) in [5.74, 6) is 1.01. The average Bonchev–Trinajstić information content (AvgIpc) is 3.40. The third-order valence-electron chi connectivity index (χ3n) is 7.53. The van der Waals surface area contributed by atoms with E-state index >= 15 is 0 Å². The topological polar surface area (TPSA) is 105 Å². The number of amides is 1. The maximum atomic E-state index is 12.8. The van der Waals surface area contributed by atoms with Crippen molar-refractivity contribution in [2.24, 2.45) is 0 Å². The van der Waals surface area contributed by atoms with Crippen LogP contribution in [0.5, 0.6) is 11.6 Å². The molecule has 2 aromatic carbocycles. The molecule has 10 heteroatoms. The first-order valence-electron chi connectivity index (χ1n) is 13.9. The highest BCUT2D eigenvalue weighted by Gasteiger charge is 2.29. The summed E-state index contributed by atoms with van der Waals surface area (Å²) < 4.78 is 23.8. The van der Waals surface area contributed by atoms with Crippen LogP contribution >= 0.6 is 0 Å². The van der Waals surface area contributed by atoms with Crippen molar-refractivity contribution < 1.29 is 28.5 Å². The average molecular weight is 549 g/mol.